The second-order valence-electron chi connectivity index (χ2n) is 6.82. The zero-order valence-electron chi connectivity index (χ0n) is 14.2. The molecule has 1 unspecified atom stereocenters. The fourth-order valence-corrected chi connectivity index (χ4v) is 2.91. The van der Waals surface area contributed by atoms with E-state index in [9.17, 15) is 4.79 Å². The number of amides is 1. The Bertz CT molecular complexity index is 539. The monoisotopic (exact) mass is 340 g/mol. The highest BCUT2D eigenvalue weighted by Crippen LogP contribution is 2.24. The minimum absolute atomic E-state index is 0.182. The standard InChI is InChI=1S/C16H25ClN4O2/c1-11-19-13(17)9-14(20-11)21-8-6-5-7-12(21)10-18-15(22)23-16(2,3)4/h9,12H,5-8,10H2,1-4H3,(H,18,22). The summed E-state index contributed by atoms with van der Waals surface area (Å²) < 4.78 is 5.29. The number of carbonyl (C=O) groups is 1. The summed E-state index contributed by atoms with van der Waals surface area (Å²) in [6, 6.07) is 1.96. The van der Waals surface area contributed by atoms with E-state index in [1.165, 1.54) is 0 Å². The molecule has 1 aliphatic rings. The van der Waals surface area contributed by atoms with Crippen LogP contribution in [-0.4, -0.2) is 40.8 Å². The van der Waals surface area contributed by atoms with E-state index in [0.29, 0.717) is 17.5 Å². The highest BCUT2D eigenvalue weighted by atomic mass is 35.5. The number of ether oxygens (including phenoxy) is 1. The number of anilines is 1. The minimum Gasteiger partial charge on any atom is -0.444 e. The molecular formula is C16H25ClN4O2. The van der Waals surface area contributed by atoms with Crippen LogP contribution in [0.5, 0.6) is 0 Å². The molecule has 7 heteroatoms. The van der Waals surface area contributed by atoms with Crippen LogP contribution < -0.4 is 10.2 Å². The zero-order valence-corrected chi connectivity index (χ0v) is 15.0. The van der Waals surface area contributed by atoms with Gasteiger partial charge in [-0.05, 0) is 47.0 Å². The molecule has 0 saturated carbocycles. The average Bonchev–Trinajstić information content (AvgIpc) is 2.42. The van der Waals surface area contributed by atoms with Crippen LogP contribution in [-0.2, 0) is 4.74 Å². The van der Waals surface area contributed by atoms with Crippen LogP contribution in [0.1, 0.15) is 45.9 Å². The Morgan fingerprint density at radius 2 is 2.17 bits per heavy atom. The summed E-state index contributed by atoms with van der Waals surface area (Å²) in [5.41, 5.74) is -0.492. The topological polar surface area (TPSA) is 67.4 Å². The molecule has 128 valence electrons. The van der Waals surface area contributed by atoms with E-state index in [1.54, 1.807) is 6.07 Å². The molecule has 23 heavy (non-hydrogen) atoms. The van der Waals surface area contributed by atoms with E-state index in [2.05, 4.69) is 20.2 Å². The number of carbonyl (C=O) groups excluding carboxylic acids is 1. The third-order valence-electron chi connectivity index (χ3n) is 3.60. The maximum absolute atomic E-state index is 11.9. The van der Waals surface area contributed by atoms with Crippen LogP contribution in [0.3, 0.4) is 0 Å². The Labute approximate surface area is 142 Å². The third-order valence-corrected chi connectivity index (χ3v) is 3.79. The Morgan fingerprint density at radius 3 is 2.83 bits per heavy atom. The normalized spacial score (nSPS) is 18.7. The van der Waals surface area contributed by atoms with Crippen molar-refractivity contribution >= 4 is 23.5 Å². The Kier molecular flexibility index (Phi) is 5.68. The maximum atomic E-state index is 11.9. The molecular weight excluding hydrogens is 316 g/mol. The van der Waals surface area contributed by atoms with E-state index in [1.807, 2.05) is 27.7 Å². The molecule has 1 N–H and O–H groups in total. The van der Waals surface area contributed by atoms with E-state index in [-0.39, 0.29) is 12.1 Å². The molecule has 6 nitrogen and oxygen atoms in total. The third kappa shape index (κ3) is 5.53. The molecule has 1 amide bonds. The van der Waals surface area contributed by atoms with E-state index in [0.717, 1.165) is 31.6 Å². The number of halogens is 1. The molecule has 2 rings (SSSR count). The van der Waals surface area contributed by atoms with Crippen LogP contribution in [0.2, 0.25) is 5.15 Å². The van der Waals surface area contributed by atoms with Gasteiger partial charge in [0.15, 0.2) is 0 Å². The lowest BCUT2D eigenvalue weighted by Crippen LogP contribution is -2.48. The number of nitrogens with zero attached hydrogens (tertiary/aromatic N) is 3. The fourth-order valence-electron chi connectivity index (χ4n) is 2.69. The predicted molar refractivity (Wildman–Crippen MR) is 91.0 cm³/mol. The molecule has 1 aliphatic heterocycles. The van der Waals surface area contributed by atoms with Gasteiger partial charge in [-0.1, -0.05) is 11.6 Å². The molecule has 0 aromatic carbocycles. The van der Waals surface area contributed by atoms with Crippen LogP contribution >= 0.6 is 11.6 Å². The number of rotatable bonds is 3. The van der Waals surface area contributed by atoms with Gasteiger partial charge in [0.1, 0.15) is 22.4 Å². The van der Waals surface area contributed by atoms with Gasteiger partial charge >= 0.3 is 6.09 Å². The van der Waals surface area contributed by atoms with Crippen molar-refractivity contribution in [1.29, 1.82) is 0 Å². The highest BCUT2D eigenvalue weighted by Gasteiger charge is 2.25. The first-order valence-corrected chi connectivity index (χ1v) is 8.37. The van der Waals surface area contributed by atoms with Gasteiger partial charge in [-0.3, -0.25) is 0 Å². The van der Waals surface area contributed by atoms with Crippen molar-refractivity contribution in [2.75, 3.05) is 18.0 Å². The summed E-state index contributed by atoms with van der Waals surface area (Å²) in [5.74, 6) is 1.47. The smallest absolute Gasteiger partial charge is 0.407 e. The fraction of sp³-hybridized carbons (Fsp3) is 0.688. The number of hydrogen-bond donors (Lipinski definition) is 1. The molecule has 1 saturated heterocycles. The van der Waals surface area contributed by atoms with Crippen molar-refractivity contribution in [2.24, 2.45) is 0 Å². The highest BCUT2D eigenvalue weighted by molar-refractivity contribution is 6.29. The van der Waals surface area contributed by atoms with Crippen LogP contribution in [0.15, 0.2) is 6.07 Å². The van der Waals surface area contributed by atoms with Gasteiger partial charge in [0.05, 0.1) is 0 Å². The van der Waals surface area contributed by atoms with Crippen molar-refractivity contribution < 1.29 is 9.53 Å². The second-order valence-corrected chi connectivity index (χ2v) is 7.21. The summed E-state index contributed by atoms with van der Waals surface area (Å²) in [7, 11) is 0. The molecule has 1 aromatic heterocycles. The van der Waals surface area contributed by atoms with Gasteiger partial charge in [-0.15, -0.1) is 0 Å². The lowest BCUT2D eigenvalue weighted by atomic mass is 10.0. The molecule has 1 aromatic rings. The summed E-state index contributed by atoms with van der Waals surface area (Å²) in [6.45, 7) is 8.80. The molecule has 0 radical (unpaired) electrons. The van der Waals surface area contributed by atoms with E-state index < -0.39 is 5.60 Å². The summed E-state index contributed by atoms with van der Waals surface area (Å²) in [5, 5.41) is 3.30. The Morgan fingerprint density at radius 1 is 1.43 bits per heavy atom. The van der Waals surface area contributed by atoms with Gasteiger partial charge < -0.3 is 15.0 Å². The van der Waals surface area contributed by atoms with Gasteiger partial charge in [-0.25, -0.2) is 14.8 Å². The number of aromatic nitrogens is 2. The van der Waals surface area contributed by atoms with Crippen molar-refractivity contribution in [3.05, 3.63) is 17.0 Å². The van der Waals surface area contributed by atoms with E-state index >= 15 is 0 Å². The molecule has 0 bridgehead atoms. The number of nitrogens with one attached hydrogen (secondary N) is 1. The van der Waals surface area contributed by atoms with E-state index in [4.69, 9.17) is 16.3 Å². The maximum Gasteiger partial charge on any atom is 0.407 e. The zero-order chi connectivity index (χ0) is 17.0. The molecule has 1 fully saturated rings. The van der Waals surface area contributed by atoms with Crippen LogP contribution in [0, 0.1) is 6.92 Å². The first kappa shape index (κ1) is 17.8. The molecule has 0 spiro atoms. The van der Waals surface area contributed by atoms with Crippen molar-refractivity contribution in [3.63, 3.8) is 0 Å². The van der Waals surface area contributed by atoms with Gasteiger partial charge in [0.2, 0.25) is 0 Å². The van der Waals surface area contributed by atoms with Crippen molar-refractivity contribution in [1.82, 2.24) is 15.3 Å². The number of aryl methyl sites for hydroxylation is 1. The summed E-state index contributed by atoms with van der Waals surface area (Å²) in [4.78, 5) is 22.6. The Balaban J connectivity index is 2.02. The van der Waals surface area contributed by atoms with Gasteiger partial charge in [-0.2, -0.15) is 0 Å². The quantitative estimate of drug-likeness (QED) is 0.855. The number of piperidine rings is 1. The predicted octanol–water partition coefficient (Wildman–Crippen LogP) is 3.32. The average molecular weight is 341 g/mol. The first-order chi connectivity index (χ1) is 10.7. The molecule has 0 aliphatic carbocycles. The van der Waals surface area contributed by atoms with Crippen LogP contribution in [0.4, 0.5) is 10.6 Å². The summed E-state index contributed by atoms with van der Waals surface area (Å²) >= 11 is 6.05. The Hall–Kier alpha value is -1.56. The van der Waals surface area contributed by atoms with Gasteiger partial charge in [0.25, 0.3) is 0 Å². The van der Waals surface area contributed by atoms with Crippen LogP contribution in [0.25, 0.3) is 0 Å². The summed E-state index contributed by atoms with van der Waals surface area (Å²) in [6.07, 6.45) is 2.84. The van der Waals surface area contributed by atoms with Crippen molar-refractivity contribution in [3.8, 4) is 0 Å². The largest absolute Gasteiger partial charge is 0.444 e. The second kappa shape index (κ2) is 7.34. The lowest BCUT2D eigenvalue weighted by molar-refractivity contribution is 0.0523. The van der Waals surface area contributed by atoms with Gasteiger partial charge in [0, 0.05) is 25.2 Å². The minimum atomic E-state index is -0.492. The number of hydrogen-bond acceptors (Lipinski definition) is 5. The SMILES string of the molecule is Cc1nc(Cl)cc(N2CCCCC2CNC(=O)OC(C)(C)C)n1. The molecule has 2 heterocycles. The number of alkyl carbamates (subject to hydrolysis) is 1. The first-order valence-electron chi connectivity index (χ1n) is 7.99. The lowest BCUT2D eigenvalue weighted by Gasteiger charge is -2.37. The van der Waals surface area contributed by atoms with Crippen molar-refractivity contribution in [2.45, 2.75) is 58.6 Å². The molecule has 1 atom stereocenters.